The molecule has 0 amide bonds. The maximum Gasteiger partial charge on any atom is 0.393 e. The van der Waals surface area contributed by atoms with E-state index in [1.165, 1.54) is 23.1 Å². The summed E-state index contributed by atoms with van der Waals surface area (Å²) in [4.78, 5) is 1.07. The van der Waals surface area contributed by atoms with Gasteiger partial charge in [-0.1, -0.05) is 52.3 Å². The summed E-state index contributed by atoms with van der Waals surface area (Å²) in [6.45, 7) is 13.3. The third kappa shape index (κ3) is 5.99. The van der Waals surface area contributed by atoms with Crippen LogP contribution in [0.4, 0.5) is 13.2 Å². The van der Waals surface area contributed by atoms with Crippen molar-refractivity contribution in [2.45, 2.75) is 70.9 Å². The van der Waals surface area contributed by atoms with Gasteiger partial charge in [-0.2, -0.15) is 13.2 Å². The van der Waals surface area contributed by atoms with Gasteiger partial charge in [0.1, 0.15) is 0 Å². The van der Waals surface area contributed by atoms with Crippen LogP contribution < -0.4 is 0 Å². The van der Waals surface area contributed by atoms with Gasteiger partial charge < -0.3 is 0 Å². The number of alkyl halides is 3. The molecule has 24 heavy (non-hydrogen) atoms. The van der Waals surface area contributed by atoms with Crippen LogP contribution in [0.25, 0.3) is 0 Å². The zero-order valence-electron chi connectivity index (χ0n) is 15.6. The molecular formula is C19H30F3NS. The molecule has 138 valence electrons. The average Bonchev–Trinajstić information content (AvgIpc) is 2.49. The van der Waals surface area contributed by atoms with E-state index >= 15 is 0 Å². The lowest BCUT2D eigenvalue weighted by molar-refractivity contribution is -0.182. The number of halogens is 3. The maximum atomic E-state index is 12.9. The second-order valence-electron chi connectivity index (χ2n) is 7.11. The van der Waals surface area contributed by atoms with Crippen LogP contribution in [0.5, 0.6) is 0 Å². The number of hydrogen-bond acceptors (Lipinski definition) is 2. The van der Waals surface area contributed by atoms with Crippen molar-refractivity contribution in [1.29, 1.82) is 0 Å². The molecule has 0 radical (unpaired) electrons. The molecule has 5 heteroatoms. The Morgan fingerprint density at radius 1 is 1.12 bits per heavy atom. The summed E-state index contributed by atoms with van der Waals surface area (Å²) >= 11 is 1.48. The largest absolute Gasteiger partial charge is 0.393 e. The van der Waals surface area contributed by atoms with Crippen LogP contribution in [0.3, 0.4) is 0 Å². The Balaban J connectivity index is 0.00000139. The van der Waals surface area contributed by atoms with Gasteiger partial charge in [0.25, 0.3) is 0 Å². The van der Waals surface area contributed by atoms with Crippen molar-refractivity contribution in [3.8, 4) is 0 Å². The number of rotatable bonds is 2. The van der Waals surface area contributed by atoms with E-state index in [-0.39, 0.29) is 18.4 Å². The van der Waals surface area contributed by atoms with Crippen LogP contribution in [0, 0.1) is 12.8 Å². The smallest absolute Gasteiger partial charge is 0.246 e. The van der Waals surface area contributed by atoms with Crippen LogP contribution in [0.1, 0.15) is 58.6 Å². The van der Waals surface area contributed by atoms with E-state index < -0.39 is 12.1 Å². The number of piperidine rings is 1. The summed E-state index contributed by atoms with van der Waals surface area (Å²) in [7, 11) is 0. The molecule has 0 aromatic heterocycles. The summed E-state index contributed by atoms with van der Waals surface area (Å²) < 4.78 is 40.7. The second kappa shape index (κ2) is 8.61. The Bertz CT molecular complexity index is 520. The van der Waals surface area contributed by atoms with Crippen LogP contribution in [-0.2, 0) is 5.41 Å². The first-order valence-electron chi connectivity index (χ1n) is 8.68. The highest BCUT2D eigenvalue weighted by Gasteiger charge is 2.42. The Hall–Kier alpha value is -0.680. The van der Waals surface area contributed by atoms with Gasteiger partial charge in [0.2, 0.25) is 0 Å². The summed E-state index contributed by atoms with van der Waals surface area (Å²) in [6, 6.07) is 6.22. The second-order valence-corrected chi connectivity index (χ2v) is 8.25. The highest BCUT2D eigenvalue weighted by atomic mass is 32.2. The van der Waals surface area contributed by atoms with Gasteiger partial charge in [0.05, 0.1) is 5.92 Å². The molecule has 1 aromatic rings. The van der Waals surface area contributed by atoms with Crippen LogP contribution >= 0.6 is 11.9 Å². The van der Waals surface area contributed by atoms with Crippen LogP contribution in [-0.4, -0.2) is 23.6 Å². The summed E-state index contributed by atoms with van der Waals surface area (Å²) in [5.41, 5.74) is 2.36. The minimum Gasteiger partial charge on any atom is -0.246 e. The van der Waals surface area contributed by atoms with E-state index in [9.17, 15) is 13.2 Å². The molecule has 1 nitrogen and oxygen atoms in total. The number of nitrogens with zero attached hydrogens (tertiary/aromatic N) is 1. The SMILES string of the molecule is CC.Cc1ccc(SN2CCCC(C(F)(F)F)C2)c(C(C)(C)C)c1. The summed E-state index contributed by atoms with van der Waals surface area (Å²) in [5.74, 6) is -1.20. The molecular weight excluding hydrogens is 331 g/mol. The maximum absolute atomic E-state index is 12.9. The van der Waals surface area contributed by atoms with Crippen molar-refractivity contribution >= 4 is 11.9 Å². The van der Waals surface area contributed by atoms with Gasteiger partial charge in [-0.25, -0.2) is 4.31 Å². The van der Waals surface area contributed by atoms with Gasteiger partial charge in [-0.15, -0.1) is 0 Å². The Labute approximate surface area is 149 Å². The molecule has 0 spiro atoms. The minimum absolute atomic E-state index is 0.0203. The normalized spacial score (nSPS) is 19.6. The van der Waals surface area contributed by atoms with Gasteiger partial charge in [0, 0.05) is 18.0 Å². The molecule has 1 atom stereocenters. The van der Waals surface area contributed by atoms with Gasteiger partial charge in [0.15, 0.2) is 0 Å². The van der Waals surface area contributed by atoms with Crippen molar-refractivity contribution in [3.63, 3.8) is 0 Å². The van der Waals surface area contributed by atoms with Crippen LogP contribution in [0.15, 0.2) is 23.1 Å². The Morgan fingerprint density at radius 3 is 2.29 bits per heavy atom. The standard InChI is InChI=1S/C17H24F3NS.C2H6/c1-12-7-8-15(14(10-12)16(2,3)4)22-21-9-5-6-13(11-21)17(18,19)20;1-2/h7-8,10,13H,5-6,9,11H2,1-4H3;1-2H3. The molecule has 0 N–H and O–H groups in total. The van der Waals surface area contributed by atoms with Gasteiger partial charge in [-0.3, -0.25) is 0 Å². The lowest BCUT2D eigenvalue weighted by Gasteiger charge is -2.34. The van der Waals surface area contributed by atoms with E-state index in [4.69, 9.17) is 0 Å². The monoisotopic (exact) mass is 361 g/mol. The predicted molar refractivity (Wildman–Crippen MR) is 97.4 cm³/mol. The Kier molecular flexibility index (Phi) is 7.67. The molecule has 0 saturated carbocycles. The fraction of sp³-hybridized carbons (Fsp3) is 0.684. The van der Waals surface area contributed by atoms with E-state index in [0.717, 1.165) is 4.90 Å². The van der Waals surface area contributed by atoms with Crippen molar-refractivity contribution in [3.05, 3.63) is 29.3 Å². The summed E-state index contributed by atoms with van der Waals surface area (Å²) in [5, 5.41) is 0. The molecule has 0 bridgehead atoms. The van der Waals surface area contributed by atoms with Crippen molar-refractivity contribution in [1.82, 2.24) is 4.31 Å². The van der Waals surface area contributed by atoms with Gasteiger partial charge in [-0.05, 0) is 48.8 Å². The third-order valence-corrected chi connectivity index (χ3v) is 5.16. The predicted octanol–water partition coefficient (Wildman–Crippen LogP) is 6.60. The van der Waals surface area contributed by atoms with Crippen LogP contribution in [0.2, 0.25) is 0 Å². The molecule has 1 aromatic carbocycles. The van der Waals surface area contributed by atoms with E-state index in [0.29, 0.717) is 13.0 Å². The fourth-order valence-electron chi connectivity index (χ4n) is 2.74. The van der Waals surface area contributed by atoms with E-state index in [1.54, 1.807) is 0 Å². The number of benzene rings is 1. The topological polar surface area (TPSA) is 3.24 Å². The first-order valence-corrected chi connectivity index (χ1v) is 9.45. The first kappa shape index (κ1) is 21.4. The molecule has 1 aliphatic heterocycles. The van der Waals surface area contributed by atoms with Crippen molar-refractivity contribution < 1.29 is 13.2 Å². The van der Waals surface area contributed by atoms with Gasteiger partial charge >= 0.3 is 6.18 Å². The molecule has 1 aliphatic rings. The zero-order chi connectivity index (χ0) is 18.5. The van der Waals surface area contributed by atoms with Crippen molar-refractivity contribution in [2.24, 2.45) is 5.92 Å². The molecule has 1 heterocycles. The summed E-state index contributed by atoms with van der Waals surface area (Å²) in [6.07, 6.45) is -3.23. The molecule has 2 rings (SSSR count). The third-order valence-electron chi connectivity index (χ3n) is 4.02. The average molecular weight is 362 g/mol. The first-order chi connectivity index (χ1) is 11.1. The lowest BCUT2D eigenvalue weighted by Crippen LogP contribution is -2.38. The van der Waals surface area contributed by atoms with Crippen molar-refractivity contribution in [2.75, 3.05) is 13.1 Å². The molecule has 1 fully saturated rings. The van der Waals surface area contributed by atoms with E-state index in [1.807, 2.05) is 37.2 Å². The fourth-order valence-corrected chi connectivity index (χ4v) is 4.09. The van der Waals surface area contributed by atoms with E-state index in [2.05, 4.69) is 26.8 Å². The zero-order valence-corrected chi connectivity index (χ0v) is 16.4. The molecule has 1 unspecified atom stereocenters. The molecule has 0 aliphatic carbocycles. The highest BCUT2D eigenvalue weighted by molar-refractivity contribution is 7.97. The molecule has 1 saturated heterocycles. The number of aryl methyl sites for hydroxylation is 1. The highest BCUT2D eigenvalue weighted by Crippen LogP contribution is 2.39. The minimum atomic E-state index is -4.08. The number of hydrogen-bond donors (Lipinski definition) is 0. The Morgan fingerprint density at radius 2 is 1.75 bits per heavy atom. The quantitative estimate of drug-likeness (QED) is 0.546. The lowest BCUT2D eigenvalue weighted by atomic mass is 9.86.